The van der Waals surface area contributed by atoms with E-state index in [0.29, 0.717) is 5.17 Å². The van der Waals surface area contributed by atoms with Gasteiger partial charge in [-0.25, -0.2) is 0 Å². The number of halogens is 3. The van der Waals surface area contributed by atoms with Crippen molar-refractivity contribution in [2.75, 3.05) is 13.1 Å². The summed E-state index contributed by atoms with van der Waals surface area (Å²) in [5, 5.41) is 20.7. The van der Waals surface area contributed by atoms with E-state index in [0.717, 1.165) is 26.4 Å². The van der Waals surface area contributed by atoms with Crippen LogP contribution in [0.1, 0.15) is 13.3 Å². The fourth-order valence-corrected chi connectivity index (χ4v) is 3.90. The van der Waals surface area contributed by atoms with E-state index < -0.39 is 41.9 Å². The standard InChI is InChI=1S/C12H17F3N2O3S/c1-5(12(13,14)15)9-8(19)7(18)6-10(20-9)21-11(16-6)17-3-2-4-17/h5-10,18-19H,2-4H2,1H3/t5-,6-,7-,8+,9-,10-/m1/s1. The summed E-state index contributed by atoms with van der Waals surface area (Å²) in [6, 6.07) is -0.711. The smallest absolute Gasteiger partial charge is 0.388 e. The summed E-state index contributed by atoms with van der Waals surface area (Å²) in [5.74, 6) is -1.85. The number of aliphatic hydroxyl groups is 2. The van der Waals surface area contributed by atoms with Crippen LogP contribution in [0.25, 0.3) is 0 Å². The fourth-order valence-electron chi connectivity index (χ4n) is 2.63. The second-order valence-electron chi connectivity index (χ2n) is 5.64. The van der Waals surface area contributed by atoms with Crippen LogP contribution >= 0.6 is 11.8 Å². The Morgan fingerprint density at radius 1 is 1.33 bits per heavy atom. The maximum atomic E-state index is 12.8. The Hall–Kier alpha value is -0.510. The molecule has 6 atom stereocenters. The molecule has 9 heteroatoms. The maximum absolute atomic E-state index is 12.8. The van der Waals surface area contributed by atoms with Crippen LogP contribution in [0.4, 0.5) is 13.2 Å². The second kappa shape index (κ2) is 5.29. The summed E-state index contributed by atoms with van der Waals surface area (Å²) in [6.45, 7) is 2.66. The molecule has 0 spiro atoms. The molecule has 0 saturated carbocycles. The first-order chi connectivity index (χ1) is 9.79. The van der Waals surface area contributed by atoms with Gasteiger partial charge in [0, 0.05) is 13.1 Å². The Labute approximate surface area is 124 Å². The molecule has 2 saturated heterocycles. The molecule has 3 aliphatic heterocycles. The minimum absolute atomic E-state index is 0.672. The van der Waals surface area contributed by atoms with Crippen molar-refractivity contribution in [1.82, 2.24) is 4.90 Å². The van der Waals surface area contributed by atoms with Crippen LogP contribution in [0.5, 0.6) is 0 Å². The van der Waals surface area contributed by atoms with Crippen molar-refractivity contribution in [3.63, 3.8) is 0 Å². The van der Waals surface area contributed by atoms with Crippen molar-refractivity contribution >= 4 is 16.9 Å². The van der Waals surface area contributed by atoms with Gasteiger partial charge in [-0.1, -0.05) is 18.7 Å². The molecule has 0 unspecified atom stereocenters. The first-order valence-corrected chi connectivity index (χ1v) is 7.74. The van der Waals surface area contributed by atoms with E-state index >= 15 is 0 Å². The van der Waals surface area contributed by atoms with Crippen LogP contribution < -0.4 is 0 Å². The van der Waals surface area contributed by atoms with Gasteiger partial charge in [0.25, 0.3) is 0 Å². The van der Waals surface area contributed by atoms with Gasteiger partial charge in [-0.2, -0.15) is 13.2 Å². The molecule has 3 heterocycles. The lowest BCUT2D eigenvalue weighted by Gasteiger charge is -2.41. The van der Waals surface area contributed by atoms with E-state index in [1.807, 2.05) is 4.90 Å². The van der Waals surface area contributed by atoms with Crippen molar-refractivity contribution in [2.24, 2.45) is 10.9 Å². The lowest BCUT2D eigenvalue weighted by Crippen LogP contribution is -2.58. The highest BCUT2D eigenvalue weighted by Crippen LogP contribution is 2.42. The summed E-state index contributed by atoms with van der Waals surface area (Å²) in [7, 11) is 0. The van der Waals surface area contributed by atoms with Crippen LogP contribution in [-0.4, -0.2) is 69.3 Å². The predicted molar refractivity (Wildman–Crippen MR) is 70.9 cm³/mol. The number of alkyl halides is 3. The molecule has 21 heavy (non-hydrogen) atoms. The highest BCUT2D eigenvalue weighted by molar-refractivity contribution is 8.14. The van der Waals surface area contributed by atoms with Crippen molar-refractivity contribution in [1.29, 1.82) is 0 Å². The van der Waals surface area contributed by atoms with E-state index in [4.69, 9.17) is 4.74 Å². The van der Waals surface area contributed by atoms with Gasteiger partial charge in [0.1, 0.15) is 23.7 Å². The third-order valence-corrected chi connectivity index (χ3v) is 5.42. The maximum Gasteiger partial charge on any atom is 0.394 e. The third kappa shape index (κ3) is 2.64. The monoisotopic (exact) mass is 326 g/mol. The summed E-state index contributed by atoms with van der Waals surface area (Å²) in [4.78, 5) is 6.30. The number of aliphatic hydroxyl groups excluding tert-OH is 2. The molecular weight excluding hydrogens is 309 g/mol. The molecule has 2 fully saturated rings. The van der Waals surface area contributed by atoms with Crippen LogP contribution in [0.2, 0.25) is 0 Å². The average molecular weight is 326 g/mol. The molecule has 0 bridgehead atoms. The fraction of sp³-hybridized carbons (Fsp3) is 0.917. The number of amidine groups is 1. The number of thioether (sulfide) groups is 1. The first-order valence-electron chi connectivity index (χ1n) is 6.87. The number of fused-ring (bicyclic) bond motifs is 1. The molecule has 3 aliphatic rings. The second-order valence-corrected chi connectivity index (χ2v) is 6.71. The number of hydrogen-bond acceptors (Lipinski definition) is 6. The Morgan fingerprint density at radius 3 is 2.52 bits per heavy atom. The van der Waals surface area contributed by atoms with Gasteiger partial charge < -0.3 is 19.8 Å². The van der Waals surface area contributed by atoms with Crippen molar-refractivity contribution in [3.8, 4) is 0 Å². The largest absolute Gasteiger partial charge is 0.394 e. The van der Waals surface area contributed by atoms with Gasteiger partial charge in [0.05, 0.1) is 12.0 Å². The number of aliphatic imine (C=N–C) groups is 1. The van der Waals surface area contributed by atoms with Crippen LogP contribution in [0.3, 0.4) is 0 Å². The lowest BCUT2D eigenvalue weighted by atomic mass is 9.90. The van der Waals surface area contributed by atoms with Crippen LogP contribution in [0.15, 0.2) is 4.99 Å². The summed E-state index contributed by atoms with van der Waals surface area (Å²) in [6.07, 6.45) is -7.84. The molecule has 0 aromatic heterocycles. The zero-order valence-electron chi connectivity index (χ0n) is 11.3. The minimum Gasteiger partial charge on any atom is -0.388 e. The molecule has 5 nitrogen and oxygen atoms in total. The number of ether oxygens (including phenoxy) is 1. The Bertz CT molecular complexity index is 444. The molecule has 0 aromatic rings. The van der Waals surface area contributed by atoms with Gasteiger partial charge in [-0.15, -0.1) is 0 Å². The van der Waals surface area contributed by atoms with Crippen molar-refractivity contribution < 1.29 is 28.1 Å². The van der Waals surface area contributed by atoms with Gasteiger partial charge in [-0.3, -0.25) is 4.99 Å². The highest BCUT2D eigenvalue weighted by Gasteiger charge is 2.55. The molecule has 3 rings (SSSR count). The molecule has 0 aliphatic carbocycles. The first kappa shape index (κ1) is 15.4. The SMILES string of the molecule is C[C@H]([C@H]1O[C@@H]2SC(N3CCC3)=N[C@@H]2[C@@H](O)[C@@H]1O)C(F)(F)F. The number of nitrogens with zero attached hydrogens (tertiary/aromatic N) is 2. The van der Waals surface area contributed by atoms with E-state index in [2.05, 4.69) is 4.99 Å². The average Bonchev–Trinajstić information content (AvgIpc) is 2.73. The van der Waals surface area contributed by atoms with Gasteiger partial charge >= 0.3 is 6.18 Å². The Balaban J connectivity index is 1.74. The predicted octanol–water partition coefficient (Wildman–Crippen LogP) is 0.809. The summed E-state index contributed by atoms with van der Waals surface area (Å²) < 4.78 is 43.9. The Morgan fingerprint density at radius 2 is 2.00 bits per heavy atom. The molecular formula is C12H17F3N2O3S. The molecule has 2 N–H and O–H groups in total. The number of hydrogen-bond donors (Lipinski definition) is 2. The molecule has 120 valence electrons. The quantitative estimate of drug-likeness (QED) is 0.746. The highest BCUT2D eigenvalue weighted by atomic mass is 32.2. The zero-order chi connectivity index (χ0) is 15.4. The van der Waals surface area contributed by atoms with E-state index in [9.17, 15) is 23.4 Å². The van der Waals surface area contributed by atoms with E-state index in [1.54, 1.807) is 0 Å². The summed E-state index contributed by atoms with van der Waals surface area (Å²) >= 11 is 1.23. The van der Waals surface area contributed by atoms with Crippen LogP contribution in [0, 0.1) is 5.92 Å². The van der Waals surface area contributed by atoms with E-state index in [1.165, 1.54) is 11.8 Å². The van der Waals surface area contributed by atoms with Gasteiger partial charge in [-0.05, 0) is 6.42 Å². The number of rotatable bonds is 1. The van der Waals surface area contributed by atoms with Crippen LogP contribution in [-0.2, 0) is 4.74 Å². The third-order valence-electron chi connectivity index (χ3n) is 4.22. The lowest BCUT2D eigenvalue weighted by molar-refractivity contribution is -0.244. The molecule has 0 amide bonds. The van der Waals surface area contributed by atoms with E-state index in [-0.39, 0.29) is 0 Å². The van der Waals surface area contributed by atoms with Crippen molar-refractivity contribution in [2.45, 2.75) is 49.3 Å². The summed E-state index contributed by atoms with van der Waals surface area (Å²) in [5.41, 5.74) is -0.672. The molecule has 0 aromatic carbocycles. The van der Waals surface area contributed by atoms with Crippen molar-refractivity contribution in [3.05, 3.63) is 0 Å². The topological polar surface area (TPSA) is 65.3 Å². The molecule has 0 radical (unpaired) electrons. The zero-order valence-corrected chi connectivity index (χ0v) is 12.1. The van der Waals surface area contributed by atoms with Gasteiger partial charge in [0.2, 0.25) is 0 Å². The Kier molecular flexibility index (Phi) is 3.88. The minimum atomic E-state index is -4.48. The number of likely N-dealkylation sites (tertiary alicyclic amines) is 1. The van der Waals surface area contributed by atoms with Gasteiger partial charge in [0.15, 0.2) is 5.17 Å². The normalized spacial score (nSPS) is 41.3.